The highest BCUT2D eigenvalue weighted by molar-refractivity contribution is 5.26. The molecule has 0 fully saturated rings. The highest BCUT2D eigenvalue weighted by Gasteiger charge is 2.34. The van der Waals surface area contributed by atoms with Crippen LogP contribution in [0.2, 0.25) is 0 Å². The van der Waals surface area contributed by atoms with Crippen LogP contribution in [0.15, 0.2) is 24.3 Å². The van der Waals surface area contributed by atoms with E-state index in [9.17, 15) is 5.11 Å². The van der Waals surface area contributed by atoms with Crippen LogP contribution in [0.25, 0.3) is 0 Å². The number of rotatable bonds is 11. The Balaban J connectivity index is 2.56. The molecule has 5 heteroatoms. The van der Waals surface area contributed by atoms with Crippen molar-refractivity contribution in [3.8, 4) is 5.75 Å². The van der Waals surface area contributed by atoms with Crippen molar-refractivity contribution < 1.29 is 24.1 Å². The van der Waals surface area contributed by atoms with E-state index in [0.717, 1.165) is 11.3 Å². The zero-order chi connectivity index (χ0) is 17.3. The highest BCUT2D eigenvalue weighted by atomic mass is 16.7. The molecule has 132 valence electrons. The average molecular weight is 326 g/mol. The molecule has 0 aliphatic carbocycles. The number of benzene rings is 1. The molecule has 2 atom stereocenters. The molecule has 0 aromatic heterocycles. The molecule has 0 unspecified atom stereocenters. The Morgan fingerprint density at radius 3 is 2.30 bits per heavy atom. The van der Waals surface area contributed by atoms with Gasteiger partial charge in [0.2, 0.25) is 0 Å². The maximum Gasteiger partial charge on any atom is 0.146 e. The zero-order valence-corrected chi connectivity index (χ0v) is 14.9. The molecule has 1 rings (SSSR count). The van der Waals surface area contributed by atoms with Crippen molar-refractivity contribution in [1.29, 1.82) is 0 Å². The van der Waals surface area contributed by atoms with Gasteiger partial charge < -0.3 is 24.1 Å². The van der Waals surface area contributed by atoms with E-state index in [1.807, 2.05) is 31.2 Å². The van der Waals surface area contributed by atoms with E-state index in [2.05, 4.69) is 13.8 Å². The van der Waals surface area contributed by atoms with Gasteiger partial charge in [-0.1, -0.05) is 32.9 Å². The van der Waals surface area contributed by atoms with Crippen LogP contribution in [0.5, 0.6) is 5.75 Å². The van der Waals surface area contributed by atoms with E-state index in [1.54, 1.807) is 14.2 Å². The number of aliphatic hydroxyl groups is 1. The van der Waals surface area contributed by atoms with Gasteiger partial charge >= 0.3 is 0 Å². The van der Waals surface area contributed by atoms with E-state index < -0.39 is 0 Å². The minimum absolute atomic E-state index is 0.00439. The fourth-order valence-corrected chi connectivity index (χ4v) is 2.63. The smallest absolute Gasteiger partial charge is 0.146 e. The Hall–Kier alpha value is -1.14. The van der Waals surface area contributed by atoms with Crippen LogP contribution in [0, 0.1) is 11.3 Å². The molecule has 0 heterocycles. The summed E-state index contributed by atoms with van der Waals surface area (Å²) in [4.78, 5) is 0. The molecule has 0 radical (unpaired) electrons. The Kier molecular flexibility index (Phi) is 8.55. The van der Waals surface area contributed by atoms with Crippen LogP contribution in [0.3, 0.4) is 0 Å². The summed E-state index contributed by atoms with van der Waals surface area (Å²) in [5.74, 6) is 0.837. The van der Waals surface area contributed by atoms with Gasteiger partial charge in [-0.25, -0.2) is 0 Å². The summed E-state index contributed by atoms with van der Waals surface area (Å²) >= 11 is 0. The molecule has 0 saturated heterocycles. The molecule has 1 aromatic rings. The Bertz CT molecular complexity index is 430. The molecule has 0 saturated carbocycles. The number of ether oxygens (including phenoxy) is 4. The molecule has 1 N–H and O–H groups in total. The predicted octanol–water partition coefficient (Wildman–Crippen LogP) is 2.86. The van der Waals surface area contributed by atoms with E-state index in [1.165, 1.54) is 0 Å². The van der Waals surface area contributed by atoms with E-state index >= 15 is 0 Å². The van der Waals surface area contributed by atoms with Crippen molar-refractivity contribution in [3.63, 3.8) is 0 Å². The fourth-order valence-electron chi connectivity index (χ4n) is 2.63. The summed E-state index contributed by atoms with van der Waals surface area (Å²) < 4.78 is 21.8. The van der Waals surface area contributed by atoms with Crippen LogP contribution >= 0.6 is 0 Å². The Labute approximate surface area is 139 Å². The summed E-state index contributed by atoms with van der Waals surface area (Å²) in [6, 6.07) is 7.81. The Morgan fingerprint density at radius 2 is 1.78 bits per heavy atom. The summed E-state index contributed by atoms with van der Waals surface area (Å²) in [7, 11) is 3.24. The van der Waals surface area contributed by atoms with Crippen molar-refractivity contribution in [2.24, 2.45) is 11.3 Å². The first-order chi connectivity index (χ1) is 10.9. The topological polar surface area (TPSA) is 57.2 Å². The number of hydrogen-bond donors (Lipinski definition) is 1. The second-order valence-electron chi connectivity index (χ2n) is 6.48. The van der Waals surface area contributed by atoms with Crippen LogP contribution in [0.1, 0.15) is 26.3 Å². The Morgan fingerprint density at radius 1 is 1.13 bits per heavy atom. The van der Waals surface area contributed by atoms with Crippen molar-refractivity contribution in [1.82, 2.24) is 0 Å². The third-order valence-corrected chi connectivity index (χ3v) is 3.84. The molecule has 0 aliphatic heterocycles. The molecule has 0 bridgehead atoms. The molecule has 0 aliphatic rings. The average Bonchev–Trinajstić information content (AvgIpc) is 2.55. The van der Waals surface area contributed by atoms with Gasteiger partial charge in [0.25, 0.3) is 0 Å². The quantitative estimate of drug-likeness (QED) is 0.634. The second-order valence-corrected chi connectivity index (χ2v) is 6.48. The molecule has 0 amide bonds. The standard InChI is InChI=1S/C18H30O5/c1-14(10-19)17(23-13-20-4)18(2,3)12-22-11-15-6-8-16(21-5)9-7-15/h6-9,14,17,19H,10-13H2,1-5H3/t14-,17-/m0/s1. The summed E-state index contributed by atoms with van der Waals surface area (Å²) in [5.41, 5.74) is 0.846. The van der Waals surface area contributed by atoms with Gasteiger partial charge in [0.15, 0.2) is 0 Å². The molecule has 1 aromatic carbocycles. The van der Waals surface area contributed by atoms with E-state index in [-0.39, 0.29) is 30.8 Å². The third kappa shape index (κ3) is 6.47. The SMILES string of the molecule is COCO[C@@H]([C@@H](C)CO)C(C)(C)COCc1ccc(OC)cc1. The van der Waals surface area contributed by atoms with Crippen LogP contribution in [-0.2, 0) is 20.8 Å². The molecule has 5 nitrogen and oxygen atoms in total. The van der Waals surface area contributed by atoms with Crippen molar-refractivity contribution in [3.05, 3.63) is 29.8 Å². The molecular formula is C18H30O5. The van der Waals surface area contributed by atoms with Gasteiger partial charge in [0.05, 0.1) is 26.4 Å². The monoisotopic (exact) mass is 326 g/mol. The summed E-state index contributed by atoms with van der Waals surface area (Å²) in [6.45, 7) is 7.44. The second kappa shape index (κ2) is 9.88. The van der Waals surface area contributed by atoms with Crippen LogP contribution < -0.4 is 4.74 Å². The predicted molar refractivity (Wildman–Crippen MR) is 89.4 cm³/mol. The normalized spacial score (nSPS) is 14.5. The lowest BCUT2D eigenvalue weighted by Gasteiger charge is -2.37. The maximum atomic E-state index is 9.45. The number of aliphatic hydroxyl groups excluding tert-OH is 1. The van der Waals surface area contributed by atoms with Crippen molar-refractivity contribution >= 4 is 0 Å². The third-order valence-electron chi connectivity index (χ3n) is 3.84. The maximum absolute atomic E-state index is 9.45. The van der Waals surface area contributed by atoms with Gasteiger partial charge in [-0.05, 0) is 17.7 Å². The number of hydrogen-bond acceptors (Lipinski definition) is 5. The van der Waals surface area contributed by atoms with Crippen LogP contribution in [0.4, 0.5) is 0 Å². The molecule has 0 spiro atoms. The van der Waals surface area contributed by atoms with Gasteiger partial charge in [-0.15, -0.1) is 0 Å². The molecular weight excluding hydrogens is 296 g/mol. The largest absolute Gasteiger partial charge is 0.497 e. The summed E-state index contributed by atoms with van der Waals surface area (Å²) in [5, 5.41) is 9.45. The first kappa shape index (κ1) is 19.9. The minimum atomic E-state index is -0.243. The lowest BCUT2D eigenvalue weighted by atomic mass is 9.81. The zero-order valence-electron chi connectivity index (χ0n) is 14.9. The van der Waals surface area contributed by atoms with Crippen LogP contribution in [-0.4, -0.2) is 45.4 Å². The first-order valence-corrected chi connectivity index (χ1v) is 7.86. The molecule has 23 heavy (non-hydrogen) atoms. The number of methoxy groups -OCH3 is 2. The lowest BCUT2D eigenvalue weighted by Crippen LogP contribution is -2.42. The van der Waals surface area contributed by atoms with E-state index in [4.69, 9.17) is 18.9 Å². The van der Waals surface area contributed by atoms with Crippen molar-refractivity contribution in [2.75, 3.05) is 34.2 Å². The van der Waals surface area contributed by atoms with E-state index in [0.29, 0.717) is 13.2 Å². The van der Waals surface area contributed by atoms with Gasteiger partial charge in [-0.3, -0.25) is 0 Å². The van der Waals surface area contributed by atoms with Gasteiger partial charge in [0.1, 0.15) is 12.5 Å². The lowest BCUT2D eigenvalue weighted by molar-refractivity contribution is -0.151. The summed E-state index contributed by atoms with van der Waals surface area (Å²) in [6.07, 6.45) is -0.150. The first-order valence-electron chi connectivity index (χ1n) is 7.86. The van der Waals surface area contributed by atoms with Gasteiger partial charge in [0, 0.05) is 25.0 Å². The minimum Gasteiger partial charge on any atom is -0.497 e. The highest BCUT2D eigenvalue weighted by Crippen LogP contribution is 2.30. The fraction of sp³-hybridized carbons (Fsp3) is 0.667. The van der Waals surface area contributed by atoms with Gasteiger partial charge in [-0.2, -0.15) is 0 Å². The van der Waals surface area contributed by atoms with Crippen molar-refractivity contribution in [2.45, 2.75) is 33.5 Å².